The molecule has 0 saturated carbocycles. The van der Waals surface area contributed by atoms with Gasteiger partial charge in [0.05, 0.1) is 5.03 Å². The molecule has 1 aliphatic heterocycles. The average molecular weight is 311 g/mol. The van der Waals surface area contributed by atoms with E-state index in [0.29, 0.717) is 5.92 Å². The summed E-state index contributed by atoms with van der Waals surface area (Å²) in [5.74, 6) is 1.92. The molecule has 0 fully saturated rings. The number of nitrogens with zero attached hydrogens (tertiary/aromatic N) is 1. The molecule has 4 heteroatoms. The number of nitrogens with one attached hydrogen (secondary N) is 1. The van der Waals surface area contributed by atoms with E-state index in [-0.39, 0.29) is 12.4 Å². The number of fused-ring (bicyclic) bond motifs is 3. The molecule has 1 aromatic carbocycles. The molecule has 2 nitrogen and oxygen atoms in total. The summed E-state index contributed by atoms with van der Waals surface area (Å²) in [6.45, 7) is 4.49. The van der Waals surface area contributed by atoms with E-state index >= 15 is 0 Å². The molecule has 2 aromatic rings. The average Bonchev–Trinajstić information content (AvgIpc) is 2.76. The van der Waals surface area contributed by atoms with E-state index in [1.165, 1.54) is 34.5 Å². The van der Waals surface area contributed by atoms with E-state index in [1.54, 1.807) is 5.56 Å². The fourth-order valence-electron chi connectivity index (χ4n) is 3.20. The number of rotatable bonds is 4. The molecule has 1 atom stereocenters. The lowest BCUT2D eigenvalue weighted by atomic mass is 9.95. The monoisotopic (exact) mass is 310 g/mol. The largest absolute Gasteiger partial charge is 0.335 e. The molecule has 1 aliphatic rings. The van der Waals surface area contributed by atoms with Crippen LogP contribution in [0.4, 0.5) is 0 Å². The molecule has 2 heterocycles. The Kier molecular flexibility index (Phi) is 5.42. The molecule has 20 heavy (non-hydrogen) atoms. The van der Waals surface area contributed by atoms with Crippen LogP contribution in [0.15, 0.2) is 29.3 Å². The number of thioether (sulfide) groups is 1. The van der Waals surface area contributed by atoms with Crippen molar-refractivity contribution >= 4 is 35.1 Å². The fourth-order valence-corrected chi connectivity index (χ4v) is 4.57. The van der Waals surface area contributed by atoms with Gasteiger partial charge < -0.3 is 9.88 Å². The highest BCUT2D eigenvalue weighted by atomic mass is 35.5. The van der Waals surface area contributed by atoms with Gasteiger partial charge in [-0.3, -0.25) is 0 Å². The summed E-state index contributed by atoms with van der Waals surface area (Å²) in [4.78, 5) is 0. The molecule has 1 unspecified atom stereocenters. The van der Waals surface area contributed by atoms with Gasteiger partial charge in [-0.25, -0.2) is 0 Å². The van der Waals surface area contributed by atoms with Crippen LogP contribution in [-0.2, 0) is 6.54 Å². The molecular formula is C16H23ClN2S. The van der Waals surface area contributed by atoms with E-state index in [0.717, 1.165) is 13.1 Å². The van der Waals surface area contributed by atoms with Gasteiger partial charge in [-0.05, 0) is 31.5 Å². The second-order valence-corrected chi connectivity index (χ2v) is 6.36. The molecule has 0 aliphatic carbocycles. The number of benzene rings is 1. The summed E-state index contributed by atoms with van der Waals surface area (Å²) in [7, 11) is 2.06. The number of para-hydroxylation sites is 1. The van der Waals surface area contributed by atoms with Crippen molar-refractivity contribution in [2.24, 2.45) is 0 Å². The Morgan fingerprint density at radius 2 is 2.15 bits per heavy atom. The first-order chi connectivity index (χ1) is 9.36. The maximum Gasteiger partial charge on any atom is 0.0795 e. The lowest BCUT2D eigenvalue weighted by molar-refractivity contribution is 0.577. The number of likely N-dealkylation sites (N-methyl/N-ethyl adjacent to an activating group) is 1. The molecule has 0 saturated heterocycles. The van der Waals surface area contributed by atoms with Crippen molar-refractivity contribution in [3.63, 3.8) is 0 Å². The highest BCUT2D eigenvalue weighted by Crippen LogP contribution is 2.43. The van der Waals surface area contributed by atoms with Crippen molar-refractivity contribution in [3.8, 4) is 0 Å². The van der Waals surface area contributed by atoms with Crippen molar-refractivity contribution in [1.82, 2.24) is 9.88 Å². The predicted octanol–water partition coefficient (Wildman–Crippen LogP) is 4.27. The zero-order chi connectivity index (χ0) is 13.2. The molecule has 0 amide bonds. The summed E-state index contributed by atoms with van der Waals surface area (Å²) in [6, 6.07) is 8.92. The number of aryl methyl sites for hydroxylation is 1. The minimum Gasteiger partial charge on any atom is -0.335 e. The van der Waals surface area contributed by atoms with E-state index in [9.17, 15) is 0 Å². The summed E-state index contributed by atoms with van der Waals surface area (Å²) in [5, 5.41) is 6.36. The molecule has 0 bridgehead atoms. The van der Waals surface area contributed by atoms with Gasteiger partial charge in [0.2, 0.25) is 0 Å². The number of hydrogen-bond donors (Lipinski definition) is 1. The van der Waals surface area contributed by atoms with Gasteiger partial charge in [0.25, 0.3) is 0 Å². The molecule has 110 valence electrons. The minimum absolute atomic E-state index is 0. The Morgan fingerprint density at radius 1 is 1.35 bits per heavy atom. The second kappa shape index (κ2) is 6.88. The van der Waals surface area contributed by atoms with E-state index < -0.39 is 0 Å². The van der Waals surface area contributed by atoms with Crippen LogP contribution in [0.3, 0.4) is 0 Å². The van der Waals surface area contributed by atoms with Gasteiger partial charge in [0, 0.05) is 35.7 Å². The van der Waals surface area contributed by atoms with Crippen LogP contribution in [0, 0.1) is 0 Å². The van der Waals surface area contributed by atoms with Crippen LogP contribution < -0.4 is 5.32 Å². The quantitative estimate of drug-likeness (QED) is 0.908. The van der Waals surface area contributed by atoms with E-state index in [1.807, 2.05) is 11.8 Å². The fraction of sp³-hybridized carbons (Fsp3) is 0.500. The topological polar surface area (TPSA) is 17.0 Å². The van der Waals surface area contributed by atoms with Gasteiger partial charge in [0.15, 0.2) is 0 Å². The molecule has 1 aromatic heterocycles. The zero-order valence-corrected chi connectivity index (χ0v) is 13.8. The van der Waals surface area contributed by atoms with Gasteiger partial charge in [-0.1, -0.05) is 25.1 Å². The van der Waals surface area contributed by atoms with Crippen LogP contribution in [0.2, 0.25) is 0 Å². The first-order valence-corrected chi connectivity index (χ1v) is 8.24. The van der Waals surface area contributed by atoms with Gasteiger partial charge in [0.1, 0.15) is 0 Å². The molecule has 1 N–H and O–H groups in total. The van der Waals surface area contributed by atoms with Crippen molar-refractivity contribution in [3.05, 3.63) is 29.8 Å². The van der Waals surface area contributed by atoms with Crippen molar-refractivity contribution in [2.45, 2.75) is 37.3 Å². The molecule has 0 radical (unpaired) electrons. The highest BCUT2D eigenvalue weighted by molar-refractivity contribution is 7.99. The second-order valence-electron chi connectivity index (χ2n) is 5.28. The van der Waals surface area contributed by atoms with E-state index in [2.05, 4.69) is 48.1 Å². The summed E-state index contributed by atoms with van der Waals surface area (Å²) < 4.78 is 2.54. The SMILES string of the molecule is CCCn1c2c(c3ccccc31)C(CNC)CCS2.Cl. The van der Waals surface area contributed by atoms with Gasteiger partial charge >= 0.3 is 0 Å². The maximum atomic E-state index is 3.37. The van der Waals surface area contributed by atoms with Crippen molar-refractivity contribution in [1.29, 1.82) is 0 Å². The van der Waals surface area contributed by atoms with Crippen LogP contribution in [0.25, 0.3) is 10.9 Å². The van der Waals surface area contributed by atoms with Gasteiger partial charge in [-0.15, -0.1) is 24.2 Å². The van der Waals surface area contributed by atoms with Crippen LogP contribution in [0.5, 0.6) is 0 Å². The van der Waals surface area contributed by atoms with Crippen LogP contribution >= 0.6 is 24.2 Å². The van der Waals surface area contributed by atoms with Crippen LogP contribution in [0.1, 0.15) is 31.2 Å². The lowest BCUT2D eigenvalue weighted by Crippen LogP contribution is -2.20. The van der Waals surface area contributed by atoms with Crippen LogP contribution in [-0.4, -0.2) is 23.9 Å². The predicted molar refractivity (Wildman–Crippen MR) is 91.5 cm³/mol. The Bertz CT molecular complexity index is 579. The first kappa shape index (κ1) is 15.7. The third-order valence-electron chi connectivity index (χ3n) is 3.97. The lowest BCUT2D eigenvalue weighted by Gasteiger charge is -2.23. The summed E-state index contributed by atoms with van der Waals surface area (Å²) in [5.41, 5.74) is 3.01. The summed E-state index contributed by atoms with van der Waals surface area (Å²) >= 11 is 2.05. The Morgan fingerprint density at radius 3 is 2.90 bits per heavy atom. The Balaban J connectivity index is 0.00000147. The summed E-state index contributed by atoms with van der Waals surface area (Å²) in [6.07, 6.45) is 2.49. The zero-order valence-electron chi connectivity index (χ0n) is 12.2. The molecular weight excluding hydrogens is 288 g/mol. The standard InChI is InChI=1S/C16H22N2S.ClH/c1-3-9-18-14-7-5-4-6-13(14)15-12(11-17-2)8-10-19-16(15)18;/h4-7,12,17H,3,8-11H2,1-2H3;1H. The van der Waals surface area contributed by atoms with Gasteiger partial charge in [-0.2, -0.15) is 0 Å². The third kappa shape index (κ3) is 2.59. The number of halogens is 1. The Labute approximate surface area is 131 Å². The third-order valence-corrected chi connectivity index (χ3v) is 5.13. The molecule has 0 spiro atoms. The normalized spacial score (nSPS) is 17.8. The van der Waals surface area contributed by atoms with E-state index in [4.69, 9.17) is 0 Å². The Hall–Kier alpha value is -0.640. The maximum absolute atomic E-state index is 3.37. The number of hydrogen-bond acceptors (Lipinski definition) is 2. The van der Waals surface area contributed by atoms with Crippen molar-refractivity contribution < 1.29 is 0 Å². The molecule has 3 rings (SSSR count). The highest BCUT2D eigenvalue weighted by Gasteiger charge is 2.27. The smallest absolute Gasteiger partial charge is 0.0795 e. The number of aromatic nitrogens is 1. The minimum atomic E-state index is 0. The first-order valence-electron chi connectivity index (χ1n) is 7.25. The van der Waals surface area contributed by atoms with Crippen molar-refractivity contribution in [2.75, 3.05) is 19.3 Å².